The number of likely N-dealkylation sites (tertiary alicyclic amines) is 1. The van der Waals surface area contributed by atoms with Gasteiger partial charge < -0.3 is 4.90 Å². The van der Waals surface area contributed by atoms with Gasteiger partial charge in [-0.2, -0.15) is 0 Å². The van der Waals surface area contributed by atoms with E-state index in [4.69, 9.17) is 0 Å². The quantitative estimate of drug-likeness (QED) is 0.857. The number of piperidine rings is 1. The van der Waals surface area contributed by atoms with Crippen molar-refractivity contribution >= 4 is 5.65 Å². The summed E-state index contributed by atoms with van der Waals surface area (Å²) in [5.74, 6) is 0. The third-order valence-corrected chi connectivity index (χ3v) is 4.16. The number of nitrogens with zero attached hydrogens (tertiary/aromatic N) is 3. The Kier molecular flexibility index (Phi) is 3.83. The van der Waals surface area contributed by atoms with Crippen LogP contribution in [0.4, 0.5) is 0 Å². The second-order valence-corrected chi connectivity index (χ2v) is 5.56. The summed E-state index contributed by atoms with van der Waals surface area (Å²) in [5, 5.41) is 0. The minimum atomic E-state index is 0.0881. The monoisotopic (exact) mass is 271 g/mol. The van der Waals surface area contributed by atoms with E-state index in [1.54, 1.807) is 10.6 Å². The van der Waals surface area contributed by atoms with Crippen molar-refractivity contribution in [3.05, 3.63) is 46.0 Å². The van der Waals surface area contributed by atoms with Crippen molar-refractivity contribution in [2.24, 2.45) is 0 Å². The van der Waals surface area contributed by atoms with Crippen molar-refractivity contribution in [1.82, 2.24) is 14.3 Å². The summed E-state index contributed by atoms with van der Waals surface area (Å²) >= 11 is 0. The van der Waals surface area contributed by atoms with E-state index < -0.39 is 0 Å². The molecule has 0 spiro atoms. The topological polar surface area (TPSA) is 37.6 Å². The maximum Gasteiger partial charge on any atom is 0.261 e. The molecule has 1 aliphatic rings. The van der Waals surface area contributed by atoms with Crippen LogP contribution < -0.4 is 5.56 Å². The molecule has 0 unspecified atom stereocenters. The highest BCUT2D eigenvalue weighted by atomic mass is 16.1. The first-order valence-electron chi connectivity index (χ1n) is 7.45. The number of rotatable bonds is 3. The van der Waals surface area contributed by atoms with E-state index in [1.807, 2.05) is 25.1 Å². The first kappa shape index (κ1) is 13.3. The Balaban J connectivity index is 1.85. The lowest BCUT2D eigenvalue weighted by Gasteiger charge is -2.26. The fourth-order valence-electron chi connectivity index (χ4n) is 2.98. The molecule has 0 atom stereocenters. The van der Waals surface area contributed by atoms with Gasteiger partial charge in [0.05, 0.1) is 0 Å². The Bertz CT molecular complexity index is 656. The SMILES string of the molecule is Cc1nc2ccccn2c(=O)c1CCN1CCCCC1. The Morgan fingerprint density at radius 3 is 2.80 bits per heavy atom. The third kappa shape index (κ3) is 2.61. The molecule has 0 amide bonds. The molecule has 106 valence electrons. The van der Waals surface area contributed by atoms with Gasteiger partial charge in [0.15, 0.2) is 0 Å². The maximum absolute atomic E-state index is 12.5. The minimum Gasteiger partial charge on any atom is -0.303 e. The average molecular weight is 271 g/mol. The van der Waals surface area contributed by atoms with Crippen LogP contribution in [0.1, 0.15) is 30.5 Å². The Morgan fingerprint density at radius 2 is 2.00 bits per heavy atom. The van der Waals surface area contributed by atoms with Gasteiger partial charge in [0, 0.05) is 24.0 Å². The van der Waals surface area contributed by atoms with Crippen LogP contribution in [0.25, 0.3) is 5.65 Å². The predicted octanol–water partition coefficient (Wildman–Crippen LogP) is 2.03. The van der Waals surface area contributed by atoms with E-state index in [9.17, 15) is 4.79 Å². The van der Waals surface area contributed by atoms with Gasteiger partial charge in [-0.15, -0.1) is 0 Å². The molecule has 0 aliphatic carbocycles. The highest BCUT2D eigenvalue weighted by molar-refractivity contribution is 5.40. The smallest absolute Gasteiger partial charge is 0.261 e. The number of aryl methyl sites for hydroxylation is 1. The molecule has 3 rings (SSSR count). The second kappa shape index (κ2) is 5.75. The molecule has 2 aromatic heterocycles. The van der Waals surface area contributed by atoms with Gasteiger partial charge in [0.2, 0.25) is 0 Å². The zero-order chi connectivity index (χ0) is 13.9. The number of pyridine rings is 1. The summed E-state index contributed by atoms with van der Waals surface area (Å²) < 4.78 is 1.65. The van der Waals surface area contributed by atoms with Gasteiger partial charge in [-0.25, -0.2) is 4.98 Å². The molecular weight excluding hydrogens is 250 g/mol. The van der Waals surface area contributed by atoms with Gasteiger partial charge in [-0.1, -0.05) is 12.5 Å². The van der Waals surface area contributed by atoms with Crippen LogP contribution in [-0.4, -0.2) is 33.9 Å². The van der Waals surface area contributed by atoms with Gasteiger partial charge in [0.1, 0.15) is 5.65 Å². The molecule has 0 saturated carbocycles. The van der Waals surface area contributed by atoms with Crippen molar-refractivity contribution < 1.29 is 0 Å². The van der Waals surface area contributed by atoms with Gasteiger partial charge in [-0.05, 0) is 51.4 Å². The first-order chi connectivity index (χ1) is 9.75. The van der Waals surface area contributed by atoms with E-state index in [0.29, 0.717) is 0 Å². The predicted molar refractivity (Wildman–Crippen MR) is 80.2 cm³/mol. The molecule has 0 radical (unpaired) electrons. The van der Waals surface area contributed by atoms with Gasteiger partial charge in [0.25, 0.3) is 5.56 Å². The first-order valence-corrected chi connectivity index (χ1v) is 7.45. The fourth-order valence-corrected chi connectivity index (χ4v) is 2.98. The molecule has 2 aromatic rings. The van der Waals surface area contributed by atoms with E-state index >= 15 is 0 Å². The lowest BCUT2D eigenvalue weighted by Crippen LogP contribution is -2.33. The minimum absolute atomic E-state index is 0.0881. The average Bonchev–Trinajstić information content (AvgIpc) is 2.48. The van der Waals surface area contributed by atoms with Crippen molar-refractivity contribution in [3.8, 4) is 0 Å². The molecule has 1 saturated heterocycles. The number of fused-ring (bicyclic) bond motifs is 1. The normalized spacial score (nSPS) is 16.6. The van der Waals surface area contributed by atoms with Crippen LogP contribution in [-0.2, 0) is 6.42 Å². The highest BCUT2D eigenvalue weighted by Crippen LogP contribution is 2.10. The lowest BCUT2D eigenvalue weighted by molar-refractivity contribution is 0.231. The summed E-state index contributed by atoms with van der Waals surface area (Å²) in [7, 11) is 0. The Hall–Kier alpha value is -1.68. The molecule has 20 heavy (non-hydrogen) atoms. The Labute approximate surface area is 119 Å². The van der Waals surface area contributed by atoms with Crippen molar-refractivity contribution in [3.63, 3.8) is 0 Å². The van der Waals surface area contributed by atoms with Crippen LogP contribution in [0, 0.1) is 6.92 Å². The standard InChI is InChI=1S/C16H21N3O/c1-13-14(8-12-18-9-4-2-5-10-18)16(20)19-11-6-3-7-15(19)17-13/h3,6-7,11H,2,4-5,8-10,12H2,1H3. The molecule has 0 N–H and O–H groups in total. The van der Waals surface area contributed by atoms with E-state index in [0.717, 1.165) is 29.9 Å². The second-order valence-electron chi connectivity index (χ2n) is 5.56. The molecule has 1 fully saturated rings. The largest absolute Gasteiger partial charge is 0.303 e. The summed E-state index contributed by atoms with van der Waals surface area (Å²) in [6.07, 6.45) is 6.52. The summed E-state index contributed by atoms with van der Waals surface area (Å²) in [5.41, 5.74) is 2.55. The summed E-state index contributed by atoms with van der Waals surface area (Å²) in [4.78, 5) is 19.5. The van der Waals surface area contributed by atoms with Crippen LogP contribution in [0.15, 0.2) is 29.2 Å². The molecule has 3 heterocycles. The zero-order valence-electron chi connectivity index (χ0n) is 12.0. The third-order valence-electron chi connectivity index (χ3n) is 4.16. The molecule has 4 heteroatoms. The van der Waals surface area contributed by atoms with E-state index in [2.05, 4.69) is 9.88 Å². The molecule has 1 aliphatic heterocycles. The maximum atomic E-state index is 12.5. The van der Waals surface area contributed by atoms with E-state index in [-0.39, 0.29) is 5.56 Å². The van der Waals surface area contributed by atoms with Crippen LogP contribution in [0.5, 0.6) is 0 Å². The molecule has 0 aromatic carbocycles. The Morgan fingerprint density at radius 1 is 1.20 bits per heavy atom. The van der Waals surface area contributed by atoms with Crippen molar-refractivity contribution in [2.75, 3.05) is 19.6 Å². The van der Waals surface area contributed by atoms with Gasteiger partial charge in [-0.3, -0.25) is 9.20 Å². The van der Waals surface area contributed by atoms with Crippen molar-refractivity contribution in [2.45, 2.75) is 32.6 Å². The summed E-state index contributed by atoms with van der Waals surface area (Å²) in [6.45, 7) is 5.25. The molecule has 0 bridgehead atoms. The van der Waals surface area contributed by atoms with Crippen molar-refractivity contribution in [1.29, 1.82) is 0 Å². The molecular formula is C16H21N3O. The number of hydrogen-bond acceptors (Lipinski definition) is 3. The summed E-state index contributed by atoms with van der Waals surface area (Å²) in [6, 6.07) is 5.66. The van der Waals surface area contributed by atoms with Crippen LogP contribution >= 0.6 is 0 Å². The highest BCUT2D eigenvalue weighted by Gasteiger charge is 2.13. The molecule has 4 nitrogen and oxygen atoms in total. The van der Waals surface area contributed by atoms with Crippen LogP contribution in [0.3, 0.4) is 0 Å². The lowest BCUT2D eigenvalue weighted by atomic mass is 10.1. The van der Waals surface area contributed by atoms with Gasteiger partial charge >= 0.3 is 0 Å². The zero-order valence-corrected chi connectivity index (χ0v) is 12.0. The fraction of sp³-hybridized carbons (Fsp3) is 0.500. The van der Waals surface area contributed by atoms with E-state index in [1.165, 1.54) is 32.4 Å². The number of aromatic nitrogens is 2. The number of hydrogen-bond donors (Lipinski definition) is 0. The van der Waals surface area contributed by atoms with Crippen LogP contribution in [0.2, 0.25) is 0 Å².